The lowest BCUT2D eigenvalue weighted by Crippen LogP contribution is -2.44. The Balaban J connectivity index is 2.02. The Bertz CT molecular complexity index is 654. The molecule has 0 aliphatic carbocycles. The maximum atomic E-state index is 12.0. The van der Waals surface area contributed by atoms with Crippen molar-refractivity contribution >= 4 is 15.9 Å². The average molecular weight is 328 g/mol. The van der Waals surface area contributed by atoms with E-state index in [0.29, 0.717) is 0 Å². The maximum Gasteiger partial charge on any atom is 0.471 e. The van der Waals surface area contributed by atoms with E-state index in [4.69, 9.17) is 9.88 Å². The number of halogens is 3. The van der Waals surface area contributed by atoms with Crippen LogP contribution < -0.4 is 10.5 Å². The van der Waals surface area contributed by atoms with Gasteiger partial charge in [-0.25, -0.2) is 13.6 Å². The van der Waals surface area contributed by atoms with E-state index in [0.717, 1.165) is 6.20 Å². The third kappa shape index (κ3) is 3.51. The average Bonchev–Trinajstić information content (AvgIpc) is 2.77. The molecule has 8 nitrogen and oxygen atoms in total. The molecule has 1 aliphatic rings. The minimum atomic E-state index is -4.97. The number of nitrogens with zero attached hydrogens (tertiary/aromatic N) is 2. The molecular weight excluding hydrogens is 317 g/mol. The molecule has 0 spiro atoms. The van der Waals surface area contributed by atoms with E-state index in [1.165, 1.54) is 4.68 Å². The van der Waals surface area contributed by atoms with E-state index in [-0.39, 0.29) is 30.3 Å². The van der Waals surface area contributed by atoms with Crippen molar-refractivity contribution < 1.29 is 31.1 Å². The Morgan fingerprint density at radius 1 is 1.57 bits per heavy atom. The predicted octanol–water partition coefficient (Wildman–Crippen LogP) is -0.892. The molecule has 1 aromatic rings. The standard InChI is InChI=1S/C9H11F3N4O4S/c10-9(11,12)8(17)14-1-5-3-16-6(4-20-5)7(2-15-16)21(13,18)19/h2,5H,1,3-4H2,(H,14,17)(H2,13,18,19). The quantitative estimate of drug-likeness (QED) is 0.746. The van der Waals surface area contributed by atoms with E-state index >= 15 is 0 Å². The molecule has 1 aromatic heterocycles. The van der Waals surface area contributed by atoms with Crippen LogP contribution in [0.5, 0.6) is 0 Å². The largest absolute Gasteiger partial charge is 0.471 e. The summed E-state index contributed by atoms with van der Waals surface area (Å²) < 4.78 is 65.1. The van der Waals surface area contributed by atoms with E-state index in [1.807, 2.05) is 0 Å². The van der Waals surface area contributed by atoms with Crippen molar-refractivity contribution in [2.75, 3.05) is 6.54 Å². The van der Waals surface area contributed by atoms with Crippen molar-refractivity contribution in [3.05, 3.63) is 11.9 Å². The van der Waals surface area contributed by atoms with Crippen molar-refractivity contribution in [2.24, 2.45) is 5.14 Å². The second-order valence-corrected chi connectivity index (χ2v) is 5.85. The molecule has 2 rings (SSSR count). The van der Waals surface area contributed by atoms with Crippen LogP contribution >= 0.6 is 0 Å². The number of hydrogen-bond donors (Lipinski definition) is 2. The van der Waals surface area contributed by atoms with E-state index in [9.17, 15) is 26.4 Å². The van der Waals surface area contributed by atoms with Gasteiger partial charge in [-0.1, -0.05) is 0 Å². The van der Waals surface area contributed by atoms with Gasteiger partial charge in [-0.3, -0.25) is 9.48 Å². The maximum absolute atomic E-state index is 12.0. The number of aromatic nitrogens is 2. The van der Waals surface area contributed by atoms with E-state index in [1.54, 1.807) is 5.32 Å². The lowest BCUT2D eigenvalue weighted by Gasteiger charge is -2.25. The number of nitrogens with two attached hydrogens (primary N) is 1. The number of fused-ring (bicyclic) bond motifs is 1. The molecule has 0 fully saturated rings. The molecule has 3 N–H and O–H groups in total. The lowest BCUT2D eigenvalue weighted by atomic mass is 10.3. The zero-order valence-corrected chi connectivity index (χ0v) is 11.2. The number of sulfonamides is 1. The topological polar surface area (TPSA) is 116 Å². The summed E-state index contributed by atoms with van der Waals surface area (Å²) in [5.41, 5.74) is 0.218. The van der Waals surface area contributed by atoms with Crippen LogP contribution in [0.25, 0.3) is 0 Å². The molecule has 1 amide bonds. The number of ether oxygens (including phenoxy) is 1. The molecule has 2 heterocycles. The van der Waals surface area contributed by atoms with Crippen LogP contribution in [0, 0.1) is 0 Å². The highest BCUT2D eigenvalue weighted by Gasteiger charge is 2.39. The number of carbonyl (C=O) groups is 1. The molecular formula is C9H11F3N4O4S. The summed E-state index contributed by atoms with van der Waals surface area (Å²) in [6.45, 7) is -0.552. The number of alkyl halides is 3. The highest BCUT2D eigenvalue weighted by molar-refractivity contribution is 7.89. The van der Waals surface area contributed by atoms with Crippen LogP contribution in [0.1, 0.15) is 5.69 Å². The normalized spacial score (nSPS) is 19.1. The summed E-state index contributed by atoms with van der Waals surface area (Å²) in [5, 5.41) is 10.5. The number of carbonyl (C=O) groups excluding carboxylic acids is 1. The Kier molecular flexibility index (Phi) is 3.95. The Morgan fingerprint density at radius 2 is 2.24 bits per heavy atom. The molecule has 12 heteroatoms. The first-order valence-electron chi connectivity index (χ1n) is 5.63. The van der Waals surface area contributed by atoms with Gasteiger partial charge in [0.1, 0.15) is 4.90 Å². The Hall–Kier alpha value is -1.66. The molecule has 0 bridgehead atoms. The smallest absolute Gasteiger partial charge is 0.368 e. The minimum Gasteiger partial charge on any atom is -0.368 e. The van der Waals surface area contributed by atoms with Gasteiger partial charge in [-0.2, -0.15) is 18.3 Å². The van der Waals surface area contributed by atoms with Crippen LogP contribution in [0.3, 0.4) is 0 Å². The second kappa shape index (κ2) is 5.27. The van der Waals surface area contributed by atoms with Gasteiger partial charge in [-0.05, 0) is 0 Å². The van der Waals surface area contributed by atoms with Gasteiger partial charge in [0.2, 0.25) is 10.0 Å². The van der Waals surface area contributed by atoms with Crippen molar-refractivity contribution in [3.8, 4) is 0 Å². The van der Waals surface area contributed by atoms with Gasteiger partial charge in [0.25, 0.3) is 0 Å². The van der Waals surface area contributed by atoms with Gasteiger partial charge < -0.3 is 10.1 Å². The number of nitrogens with one attached hydrogen (secondary N) is 1. The second-order valence-electron chi connectivity index (χ2n) is 4.32. The van der Waals surface area contributed by atoms with Crippen LogP contribution in [0.15, 0.2) is 11.1 Å². The molecule has 0 radical (unpaired) electrons. The first-order valence-corrected chi connectivity index (χ1v) is 7.18. The van der Waals surface area contributed by atoms with Crippen molar-refractivity contribution in [2.45, 2.75) is 30.3 Å². The number of rotatable bonds is 3. The molecule has 1 unspecified atom stereocenters. The molecule has 0 saturated heterocycles. The number of hydrogen-bond acceptors (Lipinski definition) is 5. The fourth-order valence-electron chi connectivity index (χ4n) is 1.81. The minimum absolute atomic E-state index is 0.00297. The van der Waals surface area contributed by atoms with Gasteiger partial charge in [0.15, 0.2) is 0 Å². The van der Waals surface area contributed by atoms with Crippen LogP contribution in [0.2, 0.25) is 0 Å². The van der Waals surface area contributed by atoms with Crippen LogP contribution in [-0.4, -0.2) is 42.9 Å². The summed E-state index contributed by atoms with van der Waals surface area (Å²) in [5.74, 6) is -2.07. The third-order valence-corrected chi connectivity index (χ3v) is 3.75. The molecule has 21 heavy (non-hydrogen) atoms. The summed E-state index contributed by atoms with van der Waals surface area (Å²) in [7, 11) is -3.95. The van der Waals surface area contributed by atoms with E-state index < -0.39 is 28.2 Å². The fourth-order valence-corrected chi connectivity index (χ4v) is 2.49. The Morgan fingerprint density at radius 3 is 2.81 bits per heavy atom. The van der Waals surface area contributed by atoms with E-state index in [2.05, 4.69) is 5.10 Å². The molecule has 1 aliphatic heterocycles. The monoisotopic (exact) mass is 328 g/mol. The lowest BCUT2D eigenvalue weighted by molar-refractivity contribution is -0.174. The van der Waals surface area contributed by atoms with Crippen LogP contribution in [-0.2, 0) is 32.7 Å². The van der Waals surface area contributed by atoms with Crippen LogP contribution in [0.4, 0.5) is 13.2 Å². The number of amides is 1. The third-order valence-electron chi connectivity index (χ3n) is 2.80. The highest BCUT2D eigenvalue weighted by atomic mass is 32.2. The number of primary sulfonamides is 1. The zero-order valence-electron chi connectivity index (χ0n) is 10.4. The van der Waals surface area contributed by atoms with Gasteiger partial charge >= 0.3 is 12.1 Å². The zero-order chi connectivity index (χ0) is 15.8. The Labute approximate surface area is 117 Å². The van der Waals surface area contributed by atoms with Gasteiger partial charge in [-0.15, -0.1) is 0 Å². The highest BCUT2D eigenvalue weighted by Crippen LogP contribution is 2.20. The van der Waals surface area contributed by atoms with Gasteiger partial charge in [0, 0.05) is 6.54 Å². The SMILES string of the molecule is NS(=O)(=O)c1cnn2c1COC(CNC(=O)C(F)(F)F)C2. The summed E-state index contributed by atoms with van der Waals surface area (Å²) in [6, 6.07) is 0. The fraction of sp³-hybridized carbons (Fsp3) is 0.556. The first kappa shape index (κ1) is 15.7. The molecule has 0 saturated carbocycles. The molecule has 118 valence electrons. The summed E-state index contributed by atoms with van der Waals surface area (Å²) in [6.07, 6.45) is -4.67. The van der Waals surface area contributed by atoms with Crippen molar-refractivity contribution in [1.29, 1.82) is 0 Å². The molecule has 1 atom stereocenters. The first-order chi connectivity index (χ1) is 9.59. The van der Waals surface area contributed by atoms with Crippen molar-refractivity contribution in [1.82, 2.24) is 15.1 Å². The van der Waals surface area contributed by atoms with Crippen molar-refractivity contribution in [3.63, 3.8) is 0 Å². The molecule has 0 aromatic carbocycles. The summed E-state index contributed by atoms with van der Waals surface area (Å²) in [4.78, 5) is 10.5. The van der Waals surface area contributed by atoms with Gasteiger partial charge in [0.05, 0.1) is 31.1 Å². The predicted molar refractivity (Wildman–Crippen MR) is 61.2 cm³/mol. The summed E-state index contributed by atoms with van der Waals surface area (Å²) >= 11 is 0.